The molecule has 0 aliphatic heterocycles. The number of aliphatic hydroxyl groups is 1. The van der Waals surface area contributed by atoms with Gasteiger partial charge in [-0.3, -0.25) is 4.98 Å². The third-order valence-corrected chi connectivity index (χ3v) is 1.67. The Morgan fingerprint density at radius 2 is 2.14 bits per heavy atom. The highest BCUT2D eigenvalue weighted by Crippen LogP contribution is 2.20. The zero-order chi connectivity index (χ0) is 10.9. The summed E-state index contributed by atoms with van der Waals surface area (Å²) in [6.07, 6.45) is 1.01. The minimum absolute atomic E-state index is 0.164. The van der Waals surface area contributed by atoms with Crippen LogP contribution in [0, 0.1) is 5.82 Å². The first kappa shape index (κ1) is 10.6. The molecular weight excluding hydrogens is 189 g/mol. The predicted molar refractivity (Wildman–Crippen MR) is 46.4 cm³/mol. The van der Waals surface area contributed by atoms with Crippen molar-refractivity contribution in [3.63, 3.8) is 0 Å². The molecule has 0 aliphatic rings. The van der Waals surface area contributed by atoms with Crippen LogP contribution in [0.5, 0.6) is 0 Å². The van der Waals surface area contributed by atoms with Crippen molar-refractivity contribution in [1.82, 2.24) is 4.98 Å². The maximum Gasteiger partial charge on any atom is 0.337 e. The average molecular weight is 199 g/mol. The van der Waals surface area contributed by atoms with Gasteiger partial charge in [0.2, 0.25) is 0 Å². The van der Waals surface area contributed by atoms with E-state index in [4.69, 9.17) is 5.11 Å². The first-order chi connectivity index (χ1) is 6.32. The largest absolute Gasteiger partial charge is 0.478 e. The maximum atomic E-state index is 13.2. The molecule has 0 aromatic carbocycles. The Morgan fingerprint density at radius 1 is 1.57 bits per heavy atom. The van der Waals surface area contributed by atoms with E-state index in [1.54, 1.807) is 0 Å². The molecule has 14 heavy (non-hydrogen) atoms. The quantitative estimate of drug-likeness (QED) is 0.749. The molecule has 0 aliphatic carbocycles. The van der Waals surface area contributed by atoms with Gasteiger partial charge in [-0.1, -0.05) is 0 Å². The van der Waals surface area contributed by atoms with Gasteiger partial charge >= 0.3 is 5.97 Å². The first-order valence-corrected chi connectivity index (χ1v) is 3.94. The van der Waals surface area contributed by atoms with Crippen LogP contribution in [0.15, 0.2) is 12.3 Å². The minimum Gasteiger partial charge on any atom is -0.478 e. The number of carboxylic acids is 1. The fourth-order valence-corrected chi connectivity index (χ4v) is 1.01. The van der Waals surface area contributed by atoms with E-state index in [0.717, 1.165) is 12.3 Å². The van der Waals surface area contributed by atoms with Crippen molar-refractivity contribution >= 4 is 5.97 Å². The van der Waals surface area contributed by atoms with E-state index in [1.165, 1.54) is 13.8 Å². The summed E-state index contributed by atoms with van der Waals surface area (Å²) in [7, 11) is 0. The maximum absolute atomic E-state index is 13.2. The van der Waals surface area contributed by atoms with E-state index in [2.05, 4.69) is 4.98 Å². The molecule has 0 amide bonds. The molecule has 0 fully saturated rings. The summed E-state index contributed by atoms with van der Waals surface area (Å²) in [4.78, 5) is 14.0. The summed E-state index contributed by atoms with van der Waals surface area (Å²) in [6, 6.07) is 0.836. The summed E-state index contributed by atoms with van der Waals surface area (Å²) < 4.78 is 13.2. The Balaban J connectivity index is 3.21. The molecule has 76 valence electrons. The van der Waals surface area contributed by atoms with Crippen molar-refractivity contribution in [2.45, 2.75) is 19.4 Å². The van der Waals surface area contributed by atoms with E-state index in [0.29, 0.717) is 0 Å². The van der Waals surface area contributed by atoms with Crippen molar-refractivity contribution in [2.75, 3.05) is 0 Å². The predicted octanol–water partition coefficient (Wildman–Crippen LogP) is 1.15. The number of hydrogen-bond acceptors (Lipinski definition) is 3. The Labute approximate surface area is 80.0 Å². The van der Waals surface area contributed by atoms with Gasteiger partial charge < -0.3 is 10.2 Å². The van der Waals surface area contributed by atoms with Crippen LogP contribution < -0.4 is 0 Å². The number of nitrogens with zero attached hydrogens (tertiary/aromatic N) is 1. The van der Waals surface area contributed by atoms with Gasteiger partial charge in [0.05, 0.1) is 5.56 Å². The summed E-state index contributed by atoms with van der Waals surface area (Å²) in [5.74, 6) is -2.07. The van der Waals surface area contributed by atoms with E-state index in [1.807, 2.05) is 0 Å². The van der Waals surface area contributed by atoms with Gasteiger partial charge in [-0.05, 0) is 19.9 Å². The molecule has 4 nitrogen and oxygen atoms in total. The van der Waals surface area contributed by atoms with Crippen LogP contribution in [0.2, 0.25) is 0 Å². The van der Waals surface area contributed by atoms with Gasteiger partial charge in [-0.2, -0.15) is 0 Å². The molecule has 1 aromatic rings. The molecule has 0 unspecified atom stereocenters. The number of carbonyl (C=O) groups is 1. The molecule has 0 saturated heterocycles. The topological polar surface area (TPSA) is 70.4 Å². The van der Waals surface area contributed by atoms with Gasteiger partial charge in [0.15, 0.2) is 0 Å². The fourth-order valence-electron chi connectivity index (χ4n) is 1.01. The summed E-state index contributed by atoms with van der Waals surface area (Å²) in [5.41, 5.74) is -1.82. The number of halogens is 1. The van der Waals surface area contributed by atoms with Crippen molar-refractivity contribution in [1.29, 1.82) is 0 Å². The Bertz CT molecular complexity index is 371. The van der Waals surface area contributed by atoms with Crippen molar-refractivity contribution in [3.05, 3.63) is 29.3 Å². The Morgan fingerprint density at radius 3 is 2.50 bits per heavy atom. The normalized spacial score (nSPS) is 11.4. The highest BCUT2D eigenvalue weighted by molar-refractivity contribution is 5.87. The minimum atomic E-state index is -1.42. The lowest BCUT2D eigenvalue weighted by Crippen LogP contribution is -2.20. The van der Waals surface area contributed by atoms with Crippen LogP contribution in [0.4, 0.5) is 4.39 Å². The van der Waals surface area contributed by atoms with Crippen LogP contribution in [-0.2, 0) is 5.60 Å². The second kappa shape index (κ2) is 3.34. The second-order valence-electron chi connectivity index (χ2n) is 3.42. The molecule has 1 rings (SSSR count). The summed E-state index contributed by atoms with van der Waals surface area (Å²) >= 11 is 0. The van der Waals surface area contributed by atoms with Crippen molar-refractivity contribution < 1.29 is 19.4 Å². The summed E-state index contributed by atoms with van der Waals surface area (Å²) in [5, 5.41) is 18.0. The lowest BCUT2D eigenvalue weighted by molar-refractivity contribution is 0.0664. The first-order valence-electron chi connectivity index (χ1n) is 3.94. The van der Waals surface area contributed by atoms with E-state index < -0.39 is 17.4 Å². The third kappa shape index (κ3) is 2.05. The molecule has 2 N–H and O–H groups in total. The standard InChI is InChI=1S/C9H10FNO3/c1-9(2,14)7-6(10)3-5(4-11-7)8(12)13/h3-4,14H,1-2H3,(H,12,13). The second-order valence-corrected chi connectivity index (χ2v) is 3.42. The molecule has 0 saturated carbocycles. The van der Waals surface area contributed by atoms with E-state index >= 15 is 0 Å². The van der Waals surface area contributed by atoms with Gasteiger partial charge in [0.25, 0.3) is 0 Å². The molecule has 0 bridgehead atoms. The molecular formula is C9H10FNO3. The van der Waals surface area contributed by atoms with Crippen LogP contribution >= 0.6 is 0 Å². The molecule has 0 radical (unpaired) electrons. The fraction of sp³-hybridized carbons (Fsp3) is 0.333. The van der Waals surface area contributed by atoms with Crippen LogP contribution in [-0.4, -0.2) is 21.2 Å². The van der Waals surface area contributed by atoms with Crippen LogP contribution in [0.3, 0.4) is 0 Å². The van der Waals surface area contributed by atoms with Gasteiger partial charge in [0.1, 0.15) is 17.1 Å². The number of aromatic carboxylic acids is 1. The molecule has 0 spiro atoms. The van der Waals surface area contributed by atoms with E-state index in [9.17, 15) is 14.3 Å². The average Bonchev–Trinajstić information content (AvgIpc) is 2.01. The lowest BCUT2D eigenvalue weighted by Gasteiger charge is -2.16. The SMILES string of the molecule is CC(C)(O)c1ncc(C(=O)O)cc1F. The summed E-state index contributed by atoms with van der Waals surface area (Å²) in [6.45, 7) is 2.75. The van der Waals surface area contributed by atoms with E-state index in [-0.39, 0.29) is 11.3 Å². The number of pyridine rings is 1. The van der Waals surface area contributed by atoms with Crippen molar-refractivity contribution in [3.8, 4) is 0 Å². The zero-order valence-electron chi connectivity index (χ0n) is 7.78. The van der Waals surface area contributed by atoms with Crippen LogP contribution in [0.25, 0.3) is 0 Å². The zero-order valence-corrected chi connectivity index (χ0v) is 7.78. The Hall–Kier alpha value is -1.49. The monoisotopic (exact) mass is 199 g/mol. The highest BCUT2D eigenvalue weighted by atomic mass is 19.1. The number of carboxylic acid groups (broad SMARTS) is 1. The Kier molecular flexibility index (Phi) is 2.53. The number of hydrogen-bond donors (Lipinski definition) is 2. The highest BCUT2D eigenvalue weighted by Gasteiger charge is 2.23. The smallest absolute Gasteiger partial charge is 0.337 e. The third-order valence-electron chi connectivity index (χ3n) is 1.67. The molecule has 1 aromatic heterocycles. The van der Waals surface area contributed by atoms with Gasteiger partial charge in [-0.15, -0.1) is 0 Å². The van der Waals surface area contributed by atoms with Gasteiger partial charge in [-0.25, -0.2) is 9.18 Å². The number of aromatic nitrogens is 1. The lowest BCUT2D eigenvalue weighted by atomic mass is 10.0. The molecule has 0 atom stereocenters. The number of rotatable bonds is 2. The van der Waals surface area contributed by atoms with Crippen LogP contribution in [0.1, 0.15) is 29.9 Å². The molecule has 1 heterocycles. The van der Waals surface area contributed by atoms with Gasteiger partial charge in [0, 0.05) is 6.20 Å². The van der Waals surface area contributed by atoms with Crippen molar-refractivity contribution in [2.24, 2.45) is 0 Å². The molecule has 5 heteroatoms.